The van der Waals surface area contributed by atoms with Gasteiger partial charge in [0.05, 0.1) is 5.69 Å². The van der Waals surface area contributed by atoms with Crippen molar-refractivity contribution in [2.75, 3.05) is 10.6 Å². The second-order valence-corrected chi connectivity index (χ2v) is 4.64. The highest BCUT2D eigenvalue weighted by Gasteiger charge is 2.09. The normalized spacial score (nSPS) is 10.0. The molecule has 0 saturated heterocycles. The van der Waals surface area contributed by atoms with Crippen LogP contribution in [0.5, 0.6) is 0 Å². The molecular weight excluding hydrogens is 271 g/mol. The molecule has 0 heterocycles. The van der Waals surface area contributed by atoms with E-state index in [0.717, 1.165) is 0 Å². The van der Waals surface area contributed by atoms with Crippen molar-refractivity contribution in [1.29, 1.82) is 0 Å². The van der Waals surface area contributed by atoms with Gasteiger partial charge in [-0.15, -0.1) is 0 Å². The first kappa shape index (κ1) is 14.7. The number of hydrogen-bond acceptors (Lipinski definition) is 2. The van der Waals surface area contributed by atoms with E-state index in [1.165, 1.54) is 13.0 Å². The zero-order chi connectivity index (χ0) is 15.4. The Bertz CT molecular complexity index is 661. The molecule has 0 unspecified atom stereocenters. The van der Waals surface area contributed by atoms with Gasteiger partial charge < -0.3 is 10.6 Å². The Labute approximate surface area is 122 Å². The lowest BCUT2D eigenvalue weighted by atomic mass is 10.1. The summed E-state index contributed by atoms with van der Waals surface area (Å²) < 4.78 is 13.6. The molecule has 5 heteroatoms. The second kappa shape index (κ2) is 6.17. The second-order valence-electron chi connectivity index (χ2n) is 4.64. The number of para-hydroxylation sites is 1. The minimum Gasteiger partial charge on any atom is -0.308 e. The number of anilines is 2. The van der Waals surface area contributed by atoms with Crippen LogP contribution in [0.25, 0.3) is 0 Å². The quantitative estimate of drug-likeness (QED) is 0.838. The van der Waals surface area contributed by atoms with Crippen LogP contribution in [0.4, 0.5) is 20.6 Å². The molecule has 0 aromatic heterocycles. The van der Waals surface area contributed by atoms with E-state index < -0.39 is 11.8 Å². The van der Waals surface area contributed by atoms with Crippen molar-refractivity contribution in [3.63, 3.8) is 0 Å². The standard InChI is InChI=1S/C16H15FN2O2/c1-10-4-3-5-14(17)15(10)19-16(21)18-13-8-6-12(7-9-13)11(2)20/h3-9H,1-2H3,(H2,18,19,21). The Morgan fingerprint density at radius 2 is 1.67 bits per heavy atom. The van der Waals surface area contributed by atoms with Crippen LogP contribution >= 0.6 is 0 Å². The summed E-state index contributed by atoms with van der Waals surface area (Å²) >= 11 is 0. The number of aryl methyl sites for hydroxylation is 1. The molecular formula is C16H15FN2O2. The molecule has 0 fully saturated rings. The summed E-state index contributed by atoms with van der Waals surface area (Å²) in [4.78, 5) is 23.0. The fourth-order valence-corrected chi connectivity index (χ4v) is 1.85. The van der Waals surface area contributed by atoms with Gasteiger partial charge in [0.25, 0.3) is 0 Å². The molecule has 0 aliphatic carbocycles. The SMILES string of the molecule is CC(=O)c1ccc(NC(=O)Nc2c(C)cccc2F)cc1. The molecule has 2 aromatic rings. The van der Waals surface area contributed by atoms with Gasteiger partial charge in [-0.05, 0) is 49.7 Å². The largest absolute Gasteiger partial charge is 0.323 e. The molecule has 0 bridgehead atoms. The molecule has 2 rings (SSSR count). The van der Waals surface area contributed by atoms with E-state index in [-0.39, 0.29) is 11.5 Å². The predicted octanol–water partition coefficient (Wildman–Crippen LogP) is 3.98. The highest BCUT2D eigenvalue weighted by atomic mass is 19.1. The number of halogens is 1. The molecule has 0 saturated carbocycles. The summed E-state index contributed by atoms with van der Waals surface area (Å²) in [5.74, 6) is -0.537. The molecule has 2 amide bonds. The van der Waals surface area contributed by atoms with Gasteiger partial charge in [-0.3, -0.25) is 4.79 Å². The van der Waals surface area contributed by atoms with Crippen molar-refractivity contribution in [3.8, 4) is 0 Å². The number of carbonyl (C=O) groups excluding carboxylic acids is 2. The van der Waals surface area contributed by atoms with Crippen LogP contribution in [-0.4, -0.2) is 11.8 Å². The maximum absolute atomic E-state index is 13.6. The van der Waals surface area contributed by atoms with Crippen LogP contribution < -0.4 is 10.6 Å². The molecule has 2 N–H and O–H groups in total. The molecule has 0 spiro atoms. The number of rotatable bonds is 3. The van der Waals surface area contributed by atoms with E-state index in [2.05, 4.69) is 10.6 Å². The summed E-state index contributed by atoms with van der Waals surface area (Å²) in [7, 11) is 0. The molecule has 4 nitrogen and oxygen atoms in total. The van der Waals surface area contributed by atoms with E-state index in [0.29, 0.717) is 16.8 Å². The molecule has 0 radical (unpaired) electrons. The van der Waals surface area contributed by atoms with Crippen LogP contribution in [0.1, 0.15) is 22.8 Å². The van der Waals surface area contributed by atoms with E-state index in [1.54, 1.807) is 43.3 Å². The van der Waals surface area contributed by atoms with Crippen LogP contribution in [0, 0.1) is 12.7 Å². The number of Topliss-reactive ketones (excluding diaryl/α,β-unsaturated/α-hetero) is 1. The highest BCUT2D eigenvalue weighted by molar-refractivity contribution is 6.01. The maximum Gasteiger partial charge on any atom is 0.323 e. The fraction of sp³-hybridized carbons (Fsp3) is 0.125. The third-order valence-corrected chi connectivity index (χ3v) is 3.01. The van der Waals surface area contributed by atoms with Gasteiger partial charge in [0.1, 0.15) is 5.82 Å². The van der Waals surface area contributed by atoms with Crippen molar-refractivity contribution < 1.29 is 14.0 Å². The number of hydrogen-bond donors (Lipinski definition) is 2. The Kier molecular flexibility index (Phi) is 4.33. The number of ketones is 1. The molecule has 0 aliphatic heterocycles. The summed E-state index contributed by atoms with van der Waals surface area (Å²) in [6.07, 6.45) is 0. The zero-order valence-corrected chi connectivity index (χ0v) is 11.7. The van der Waals surface area contributed by atoms with Crippen molar-refractivity contribution in [3.05, 3.63) is 59.4 Å². The molecule has 21 heavy (non-hydrogen) atoms. The van der Waals surface area contributed by atoms with E-state index >= 15 is 0 Å². The van der Waals surface area contributed by atoms with Gasteiger partial charge in [-0.25, -0.2) is 9.18 Å². The summed E-state index contributed by atoms with van der Waals surface area (Å²) in [5, 5.41) is 5.06. The minimum absolute atomic E-state index is 0.0482. The average Bonchev–Trinajstić information content (AvgIpc) is 2.43. The van der Waals surface area contributed by atoms with Gasteiger partial charge >= 0.3 is 6.03 Å². The Hall–Kier alpha value is -2.69. The lowest BCUT2D eigenvalue weighted by Crippen LogP contribution is -2.20. The van der Waals surface area contributed by atoms with Gasteiger partial charge in [0.2, 0.25) is 0 Å². The lowest BCUT2D eigenvalue weighted by Gasteiger charge is -2.10. The van der Waals surface area contributed by atoms with Crippen LogP contribution in [-0.2, 0) is 0 Å². The summed E-state index contributed by atoms with van der Waals surface area (Å²) in [6.45, 7) is 3.18. The highest BCUT2D eigenvalue weighted by Crippen LogP contribution is 2.19. The average molecular weight is 286 g/mol. The third-order valence-electron chi connectivity index (χ3n) is 3.01. The van der Waals surface area contributed by atoms with Crippen molar-refractivity contribution in [2.45, 2.75) is 13.8 Å². The summed E-state index contributed by atoms with van der Waals surface area (Å²) in [5.41, 5.74) is 1.87. The summed E-state index contributed by atoms with van der Waals surface area (Å²) in [6, 6.07) is 10.5. The van der Waals surface area contributed by atoms with Crippen molar-refractivity contribution in [2.24, 2.45) is 0 Å². The number of carbonyl (C=O) groups is 2. The predicted molar refractivity (Wildman–Crippen MR) is 80.2 cm³/mol. The number of amides is 2. The fourth-order valence-electron chi connectivity index (χ4n) is 1.85. The first-order valence-electron chi connectivity index (χ1n) is 6.41. The van der Waals surface area contributed by atoms with Gasteiger partial charge in [-0.2, -0.15) is 0 Å². The maximum atomic E-state index is 13.6. The Morgan fingerprint density at radius 1 is 1.00 bits per heavy atom. The zero-order valence-electron chi connectivity index (χ0n) is 11.7. The molecule has 0 aliphatic rings. The van der Waals surface area contributed by atoms with Crippen LogP contribution in [0.3, 0.4) is 0 Å². The minimum atomic E-state index is -0.543. The van der Waals surface area contributed by atoms with Gasteiger partial charge in [0.15, 0.2) is 5.78 Å². The van der Waals surface area contributed by atoms with E-state index in [4.69, 9.17) is 0 Å². The Morgan fingerprint density at radius 3 is 2.24 bits per heavy atom. The van der Waals surface area contributed by atoms with Crippen LogP contribution in [0.2, 0.25) is 0 Å². The Balaban J connectivity index is 2.06. The molecule has 2 aromatic carbocycles. The number of urea groups is 1. The molecule has 108 valence electrons. The molecule has 0 atom stereocenters. The van der Waals surface area contributed by atoms with Crippen molar-refractivity contribution in [1.82, 2.24) is 0 Å². The topological polar surface area (TPSA) is 58.2 Å². The monoisotopic (exact) mass is 286 g/mol. The van der Waals surface area contributed by atoms with Crippen molar-refractivity contribution >= 4 is 23.2 Å². The van der Waals surface area contributed by atoms with E-state index in [9.17, 15) is 14.0 Å². The van der Waals surface area contributed by atoms with E-state index in [1.807, 2.05) is 0 Å². The smallest absolute Gasteiger partial charge is 0.308 e. The number of nitrogens with one attached hydrogen (secondary N) is 2. The van der Waals surface area contributed by atoms with Crippen LogP contribution in [0.15, 0.2) is 42.5 Å². The third kappa shape index (κ3) is 3.66. The van der Waals surface area contributed by atoms with Gasteiger partial charge in [0, 0.05) is 11.3 Å². The first-order valence-corrected chi connectivity index (χ1v) is 6.41. The lowest BCUT2D eigenvalue weighted by molar-refractivity contribution is 0.101. The first-order chi connectivity index (χ1) is 9.97. The van der Waals surface area contributed by atoms with Gasteiger partial charge in [-0.1, -0.05) is 12.1 Å². The number of benzene rings is 2.